The summed E-state index contributed by atoms with van der Waals surface area (Å²) in [6.45, 7) is 0. The summed E-state index contributed by atoms with van der Waals surface area (Å²) in [5.74, 6) is -0.0727. The molecule has 0 heterocycles. The average molecular weight is 497 g/mol. The van der Waals surface area contributed by atoms with Crippen LogP contribution in [0.3, 0.4) is 0 Å². The molecule has 0 aliphatic heterocycles. The first-order chi connectivity index (χ1) is 16.7. The molecule has 3 unspecified atom stereocenters. The third-order valence-electron chi connectivity index (χ3n) is 6.62. The van der Waals surface area contributed by atoms with Gasteiger partial charge in [0.25, 0.3) is 0 Å². The van der Waals surface area contributed by atoms with Gasteiger partial charge < -0.3 is 15.3 Å². The molecule has 0 spiro atoms. The number of rotatable bonds is 13. The van der Waals surface area contributed by atoms with Crippen molar-refractivity contribution in [3.05, 3.63) is 108 Å². The number of sulfone groups is 1. The molecule has 3 N–H and O–H groups in total. The topological polar surface area (TPSA) is 94.8 Å². The number of hydrogen-bond donors (Lipinski definition) is 3. The lowest BCUT2D eigenvalue weighted by Crippen LogP contribution is -2.42. The van der Waals surface area contributed by atoms with E-state index < -0.39 is 33.6 Å². The first-order valence-electron chi connectivity index (χ1n) is 12.1. The highest BCUT2D eigenvalue weighted by Gasteiger charge is 2.42. The zero-order chi connectivity index (χ0) is 25.3. The van der Waals surface area contributed by atoms with E-state index in [1.807, 2.05) is 91.0 Å². The Hall–Kier alpha value is -2.51. The molecule has 3 aromatic rings. The second kappa shape index (κ2) is 12.5. The van der Waals surface area contributed by atoms with Crippen LogP contribution in [-0.4, -0.2) is 54.1 Å². The van der Waals surface area contributed by atoms with Crippen molar-refractivity contribution in [2.24, 2.45) is 0 Å². The van der Waals surface area contributed by atoms with Crippen LogP contribution in [0.25, 0.3) is 0 Å². The van der Waals surface area contributed by atoms with Crippen LogP contribution in [0.15, 0.2) is 91.0 Å². The first-order valence-corrected chi connectivity index (χ1v) is 14.2. The summed E-state index contributed by atoms with van der Waals surface area (Å²) in [6.07, 6.45) is 0.356. The molecule has 0 bridgehead atoms. The molecule has 0 radical (unpaired) electrons. The Kier molecular flexibility index (Phi) is 9.63. The molecule has 0 fully saturated rings. The predicted octanol–water partition coefficient (Wildman–Crippen LogP) is 4.10. The van der Waals surface area contributed by atoms with Crippen LogP contribution in [-0.2, 0) is 15.3 Å². The Bertz CT molecular complexity index is 1020. The average Bonchev–Trinajstić information content (AvgIpc) is 2.87. The van der Waals surface area contributed by atoms with Gasteiger partial charge in [0.15, 0.2) is 0 Å². The van der Waals surface area contributed by atoms with E-state index in [-0.39, 0.29) is 12.2 Å². The summed E-state index contributed by atoms with van der Waals surface area (Å²) in [4.78, 5) is 0. The van der Waals surface area contributed by atoms with E-state index in [0.717, 1.165) is 22.9 Å². The lowest BCUT2D eigenvalue weighted by Gasteiger charge is -2.40. The van der Waals surface area contributed by atoms with Gasteiger partial charge in [-0.2, -0.15) is 0 Å². The van der Waals surface area contributed by atoms with E-state index >= 15 is 0 Å². The van der Waals surface area contributed by atoms with E-state index in [2.05, 4.69) is 0 Å². The monoisotopic (exact) mass is 496 g/mol. The fourth-order valence-corrected chi connectivity index (χ4v) is 5.47. The normalized spacial score (nSPS) is 14.9. The largest absolute Gasteiger partial charge is 0.393 e. The van der Waals surface area contributed by atoms with Gasteiger partial charge in [0.1, 0.15) is 9.84 Å². The van der Waals surface area contributed by atoms with Gasteiger partial charge in [0.05, 0.1) is 29.5 Å². The van der Waals surface area contributed by atoms with E-state index in [1.165, 1.54) is 0 Å². The van der Waals surface area contributed by atoms with Crippen molar-refractivity contribution in [2.45, 2.75) is 55.8 Å². The summed E-state index contributed by atoms with van der Waals surface area (Å²) in [5, 5.41) is 32.5. The third-order valence-corrected chi connectivity index (χ3v) is 7.59. The van der Waals surface area contributed by atoms with Crippen LogP contribution in [0.4, 0.5) is 0 Å². The standard InChI is InChI=1S/C29H36O5S/c1-35(33,34)22-21-27(31)18-17-26(30)19-20-28(32)29(23-11-5-2-6-12-23,24-13-7-3-8-14-24)25-15-9-4-10-16-25/h2-16,26-28,30-32H,17-22H2,1H3. The fourth-order valence-electron chi connectivity index (χ4n) is 4.77. The molecule has 5 nitrogen and oxygen atoms in total. The van der Waals surface area contributed by atoms with Crippen molar-refractivity contribution in [1.82, 2.24) is 0 Å². The highest BCUT2D eigenvalue weighted by atomic mass is 32.2. The molecule has 188 valence electrons. The third kappa shape index (κ3) is 7.24. The van der Waals surface area contributed by atoms with Gasteiger partial charge in [-0.05, 0) is 48.8 Å². The summed E-state index contributed by atoms with van der Waals surface area (Å²) >= 11 is 0. The highest BCUT2D eigenvalue weighted by molar-refractivity contribution is 7.90. The van der Waals surface area contributed by atoms with Crippen LogP contribution in [0.2, 0.25) is 0 Å². The smallest absolute Gasteiger partial charge is 0.147 e. The molecule has 3 rings (SSSR count). The molecule has 0 aromatic heterocycles. The number of hydrogen-bond acceptors (Lipinski definition) is 5. The van der Waals surface area contributed by atoms with Crippen molar-refractivity contribution < 1.29 is 23.7 Å². The predicted molar refractivity (Wildman–Crippen MR) is 140 cm³/mol. The Labute approximate surface area is 209 Å². The van der Waals surface area contributed by atoms with Gasteiger partial charge >= 0.3 is 0 Å². The lowest BCUT2D eigenvalue weighted by atomic mass is 9.64. The van der Waals surface area contributed by atoms with Crippen molar-refractivity contribution in [3.63, 3.8) is 0 Å². The van der Waals surface area contributed by atoms with Crippen molar-refractivity contribution in [2.75, 3.05) is 12.0 Å². The van der Waals surface area contributed by atoms with E-state index in [0.29, 0.717) is 25.7 Å². The molecule has 0 aliphatic rings. The molecule has 0 saturated carbocycles. The maximum absolute atomic E-state index is 11.8. The van der Waals surface area contributed by atoms with Gasteiger partial charge in [0, 0.05) is 6.26 Å². The number of benzene rings is 3. The van der Waals surface area contributed by atoms with Crippen LogP contribution >= 0.6 is 0 Å². The summed E-state index contributed by atoms with van der Waals surface area (Å²) in [5.41, 5.74) is 2.08. The number of aliphatic hydroxyl groups is 3. The summed E-state index contributed by atoms with van der Waals surface area (Å²) < 4.78 is 22.6. The van der Waals surface area contributed by atoms with Gasteiger partial charge in [-0.1, -0.05) is 91.0 Å². The quantitative estimate of drug-likeness (QED) is 0.310. The molecule has 35 heavy (non-hydrogen) atoms. The summed E-state index contributed by atoms with van der Waals surface area (Å²) in [7, 11) is -3.13. The van der Waals surface area contributed by atoms with Gasteiger partial charge in [-0.3, -0.25) is 0 Å². The van der Waals surface area contributed by atoms with Crippen molar-refractivity contribution in [1.29, 1.82) is 0 Å². The van der Waals surface area contributed by atoms with Gasteiger partial charge in [0.2, 0.25) is 0 Å². The number of aliphatic hydroxyl groups excluding tert-OH is 3. The first kappa shape index (κ1) is 27.1. The Balaban J connectivity index is 1.81. The van der Waals surface area contributed by atoms with Gasteiger partial charge in [-0.15, -0.1) is 0 Å². The molecular weight excluding hydrogens is 460 g/mol. The van der Waals surface area contributed by atoms with Crippen molar-refractivity contribution >= 4 is 9.84 Å². The molecular formula is C29H36O5S. The molecule has 0 amide bonds. The molecule has 3 atom stereocenters. The van der Waals surface area contributed by atoms with Gasteiger partial charge in [-0.25, -0.2) is 8.42 Å². The maximum atomic E-state index is 11.8. The molecule has 3 aromatic carbocycles. The van der Waals surface area contributed by atoms with E-state index in [4.69, 9.17) is 0 Å². The molecule has 0 saturated heterocycles. The molecule has 6 heteroatoms. The second-order valence-corrected chi connectivity index (χ2v) is 11.6. The summed E-state index contributed by atoms with van der Waals surface area (Å²) in [6, 6.07) is 29.8. The maximum Gasteiger partial charge on any atom is 0.147 e. The fraction of sp³-hybridized carbons (Fsp3) is 0.379. The SMILES string of the molecule is CS(=O)(=O)CCC(O)CCC(O)CCC(O)C(c1ccccc1)(c1ccccc1)c1ccccc1. The molecule has 0 aliphatic carbocycles. The van der Waals surface area contributed by atoms with Crippen LogP contribution < -0.4 is 0 Å². The van der Waals surface area contributed by atoms with Crippen LogP contribution in [0.1, 0.15) is 48.8 Å². The Morgan fingerprint density at radius 2 is 0.943 bits per heavy atom. The Morgan fingerprint density at radius 1 is 0.600 bits per heavy atom. The zero-order valence-corrected chi connectivity index (χ0v) is 21.0. The lowest BCUT2D eigenvalue weighted by molar-refractivity contribution is 0.0700. The minimum atomic E-state index is -3.13. The Morgan fingerprint density at radius 3 is 1.31 bits per heavy atom. The van der Waals surface area contributed by atoms with Crippen LogP contribution in [0.5, 0.6) is 0 Å². The highest BCUT2D eigenvalue weighted by Crippen LogP contribution is 2.43. The minimum Gasteiger partial charge on any atom is -0.393 e. The second-order valence-electron chi connectivity index (χ2n) is 9.30. The minimum absolute atomic E-state index is 0.0727. The van der Waals surface area contributed by atoms with Crippen LogP contribution in [0, 0.1) is 0 Å². The zero-order valence-electron chi connectivity index (χ0n) is 20.2. The van der Waals surface area contributed by atoms with E-state index in [1.54, 1.807) is 0 Å². The van der Waals surface area contributed by atoms with E-state index in [9.17, 15) is 23.7 Å². The van der Waals surface area contributed by atoms with Crippen molar-refractivity contribution in [3.8, 4) is 0 Å².